The molecule has 12 heteroatoms. The molecule has 4 atom stereocenters. The molecule has 1 saturated heterocycles. The van der Waals surface area contributed by atoms with Gasteiger partial charge in [0.25, 0.3) is 5.69 Å². The fourth-order valence-corrected chi connectivity index (χ4v) is 8.66. The van der Waals surface area contributed by atoms with Crippen molar-refractivity contribution >= 4 is 45.9 Å². The second-order valence-electron chi connectivity index (χ2n) is 14.1. The van der Waals surface area contributed by atoms with Crippen LogP contribution in [0.5, 0.6) is 0 Å². The Morgan fingerprint density at radius 3 is 1.93 bits per heavy atom. The molecule has 0 N–H and O–H groups in total. The van der Waals surface area contributed by atoms with Crippen LogP contribution in [0.25, 0.3) is 0 Å². The van der Waals surface area contributed by atoms with Crippen LogP contribution >= 0.6 is 0 Å². The van der Waals surface area contributed by atoms with Crippen molar-refractivity contribution < 1.29 is 33.3 Å². The largest absolute Gasteiger partial charge is 0.413 e. The third kappa shape index (κ3) is 7.21. The second-order valence-corrected chi connectivity index (χ2v) is 24.0. The van der Waals surface area contributed by atoms with Crippen LogP contribution in [0.15, 0.2) is 24.3 Å². The van der Waals surface area contributed by atoms with Crippen LogP contribution in [0, 0.1) is 22.0 Å². The number of nitro benzene ring substituents is 1. The Labute approximate surface area is 245 Å². The van der Waals surface area contributed by atoms with Crippen LogP contribution in [-0.4, -0.2) is 61.8 Å². The van der Waals surface area contributed by atoms with Gasteiger partial charge in [-0.15, -0.1) is 0 Å². The molecule has 1 heterocycles. The van der Waals surface area contributed by atoms with Crippen LogP contribution < -0.4 is 0 Å². The molecule has 1 aromatic carbocycles. The molecule has 0 bridgehead atoms. The van der Waals surface area contributed by atoms with E-state index in [0.29, 0.717) is 0 Å². The van der Waals surface area contributed by atoms with Crippen molar-refractivity contribution in [2.45, 2.75) is 110 Å². The third-order valence-electron chi connectivity index (χ3n) is 9.28. The summed E-state index contributed by atoms with van der Waals surface area (Å²) in [5.74, 6) is -3.70. The summed E-state index contributed by atoms with van der Waals surface area (Å²) in [5.41, 5.74) is -0.255. The number of Topliss-reactive ketones (excluding diaryl/α,β-unsaturated/α-hetero) is 1. The highest BCUT2D eigenvalue weighted by Crippen LogP contribution is 2.49. The van der Waals surface area contributed by atoms with Gasteiger partial charge in [0.2, 0.25) is 5.91 Å². The molecule has 228 valence electrons. The molecule has 10 nitrogen and oxygen atoms in total. The first-order valence-electron chi connectivity index (χ1n) is 14.0. The SMILES string of the molecule is CC(O[Si](C)(C)C(C)(C)C)C1C(=O)N([Si](C)(C)C(C)(C)C)C1C(C)C(=O)CC(=O)OC(=O)c1ccc([N+](=O)[O-])cc1. The summed E-state index contributed by atoms with van der Waals surface area (Å²) in [6.45, 7) is 24.8. The minimum absolute atomic E-state index is 0.0247. The molecule has 0 spiro atoms. The molecule has 0 saturated carbocycles. The molecule has 1 fully saturated rings. The van der Waals surface area contributed by atoms with E-state index in [2.05, 4.69) is 67.7 Å². The fraction of sp³-hybridized carbons (Fsp3) is 0.655. The van der Waals surface area contributed by atoms with Crippen LogP contribution in [0.1, 0.15) is 72.2 Å². The summed E-state index contributed by atoms with van der Waals surface area (Å²) in [4.78, 5) is 62.4. The Kier molecular flexibility index (Phi) is 10.00. The fourth-order valence-electron chi connectivity index (χ4n) is 4.68. The number of amides is 1. The number of carbonyl (C=O) groups is 4. The molecule has 4 unspecified atom stereocenters. The minimum Gasteiger partial charge on any atom is -0.413 e. The maximum atomic E-state index is 13.8. The molecule has 1 aliphatic heterocycles. The number of carbonyl (C=O) groups excluding carboxylic acids is 4. The molecular weight excluding hydrogens is 560 g/mol. The van der Waals surface area contributed by atoms with Crippen LogP contribution in [0.2, 0.25) is 36.3 Å². The van der Waals surface area contributed by atoms with Gasteiger partial charge in [0.05, 0.1) is 22.5 Å². The van der Waals surface area contributed by atoms with E-state index in [-0.39, 0.29) is 27.2 Å². The van der Waals surface area contributed by atoms with E-state index >= 15 is 0 Å². The first-order valence-corrected chi connectivity index (χ1v) is 19.8. The van der Waals surface area contributed by atoms with Gasteiger partial charge >= 0.3 is 11.9 Å². The predicted octanol–water partition coefficient (Wildman–Crippen LogP) is 6.12. The van der Waals surface area contributed by atoms with Gasteiger partial charge in [-0.3, -0.25) is 24.5 Å². The lowest BCUT2D eigenvalue weighted by Crippen LogP contribution is -2.77. The number of nitrogens with zero attached hydrogens (tertiary/aromatic N) is 2. The molecule has 1 amide bonds. The van der Waals surface area contributed by atoms with E-state index < -0.39 is 69.6 Å². The lowest BCUT2D eigenvalue weighted by molar-refractivity contribution is -0.384. The summed E-state index contributed by atoms with van der Waals surface area (Å²) < 4.78 is 13.4. The van der Waals surface area contributed by atoms with Crippen molar-refractivity contribution in [2.75, 3.05) is 0 Å². The van der Waals surface area contributed by atoms with E-state index in [9.17, 15) is 29.3 Å². The van der Waals surface area contributed by atoms with Gasteiger partial charge in [-0.05, 0) is 42.2 Å². The standard InChI is InChI=1S/C29H46N2O8Si2/c1-18(22(32)17-23(33)38-27(35)20-13-15-21(16-14-20)31(36)37)25-24(19(2)39-41(11,12)29(6,7)8)26(34)30(25)40(9,10)28(3,4)5/h13-16,18-19,24-25H,17H2,1-12H3. The lowest BCUT2D eigenvalue weighted by atomic mass is 9.76. The summed E-state index contributed by atoms with van der Waals surface area (Å²) in [6.07, 6.45) is -1.06. The Hall–Kier alpha value is -2.71. The monoisotopic (exact) mass is 606 g/mol. The van der Waals surface area contributed by atoms with Crippen molar-refractivity contribution in [1.29, 1.82) is 0 Å². The van der Waals surface area contributed by atoms with Gasteiger partial charge in [0.15, 0.2) is 16.6 Å². The molecule has 1 aliphatic rings. The number of β-lactam (4-membered cyclic amide) rings is 1. The number of esters is 2. The first kappa shape index (κ1) is 34.5. The number of rotatable bonds is 10. The van der Waals surface area contributed by atoms with Crippen molar-refractivity contribution in [3.8, 4) is 0 Å². The molecular formula is C29H46N2O8Si2. The number of hydrogen-bond donors (Lipinski definition) is 0. The van der Waals surface area contributed by atoms with Crippen LogP contribution in [0.3, 0.4) is 0 Å². The number of non-ortho nitro benzene ring substituents is 1. The highest BCUT2D eigenvalue weighted by Gasteiger charge is 2.61. The summed E-state index contributed by atoms with van der Waals surface area (Å²) in [7, 11) is -4.61. The van der Waals surface area contributed by atoms with Gasteiger partial charge in [-0.2, -0.15) is 0 Å². The molecule has 0 aromatic heterocycles. The lowest BCUT2D eigenvalue weighted by Gasteiger charge is -2.61. The molecule has 41 heavy (non-hydrogen) atoms. The second kappa shape index (κ2) is 11.9. The van der Waals surface area contributed by atoms with Gasteiger partial charge in [-0.1, -0.05) is 61.6 Å². The first-order chi connectivity index (χ1) is 18.4. The Morgan fingerprint density at radius 2 is 1.49 bits per heavy atom. The topological polar surface area (TPSA) is 133 Å². The zero-order chi connectivity index (χ0) is 31.9. The van der Waals surface area contributed by atoms with Gasteiger partial charge in [-0.25, -0.2) is 4.79 Å². The maximum absolute atomic E-state index is 13.8. The molecule has 2 rings (SSSR count). The number of hydrogen-bond acceptors (Lipinski definition) is 8. The predicted molar refractivity (Wildman–Crippen MR) is 161 cm³/mol. The normalized spacial score (nSPS) is 19.7. The highest BCUT2D eigenvalue weighted by molar-refractivity contribution is 6.80. The summed E-state index contributed by atoms with van der Waals surface area (Å²) in [5, 5.41) is 10.6. The van der Waals surface area contributed by atoms with E-state index in [1.165, 1.54) is 12.1 Å². The van der Waals surface area contributed by atoms with E-state index in [1.807, 2.05) is 11.5 Å². The Bertz CT molecular complexity index is 1200. The van der Waals surface area contributed by atoms with Crippen molar-refractivity contribution in [3.05, 3.63) is 39.9 Å². The van der Waals surface area contributed by atoms with Gasteiger partial charge < -0.3 is 13.7 Å². The Balaban J connectivity index is 2.27. The van der Waals surface area contributed by atoms with Crippen LogP contribution in [-0.2, 0) is 23.5 Å². The molecule has 0 aliphatic carbocycles. The van der Waals surface area contributed by atoms with E-state index in [0.717, 1.165) is 12.1 Å². The summed E-state index contributed by atoms with van der Waals surface area (Å²) in [6, 6.07) is 4.18. The quantitative estimate of drug-likeness (QED) is 0.0777. The average Bonchev–Trinajstić information content (AvgIpc) is 2.79. The smallest absolute Gasteiger partial charge is 0.345 e. The van der Waals surface area contributed by atoms with Gasteiger partial charge in [0.1, 0.15) is 12.2 Å². The van der Waals surface area contributed by atoms with Crippen molar-refractivity contribution in [2.24, 2.45) is 11.8 Å². The molecule has 0 radical (unpaired) electrons. The number of ether oxygens (including phenoxy) is 1. The maximum Gasteiger partial charge on any atom is 0.345 e. The summed E-state index contributed by atoms with van der Waals surface area (Å²) >= 11 is 0. The van der Waals surface area contributed by atoms with Crippen molar-refractivity contribution in [1.82, 2.24) is 4.57 Å². The Morgan fingerprint density at radius 1 is 0.976 bits per heavy atom. The number of ketones is 1. The highest BCUT2D eigenvalue weighted by atomic mass is 28.4. The third-order valence-corrected chi connectivity index (χ3v) is 19.2. The number of nitro groups is 1. The van der Waals surface area contributed by atoms with Gasteiger partial charge in [0, 0.05) is 24.1 Å². The van der Waals surface area contributed by atoms with E-state index in [1.54, 1.807) is 6.92 Å². The average molecular weight is 607 g/mol. The van der Waals surface area contributed by atoms with Crippen LogP contribution in [0.4, 0.5) is 5.69 Å². The zero-order valence-electron chi connectivity index (χ0n) is 26.5. The minimum atomic E-state index is -2.39. The molecule has 1 aromatic rings. The van der Waals surface area contributed by atoms with E-state index in [4.69, 9.17) is 9.16 Å². The number of benzene rings is 1. The zero-order valence-corrected chi connectivity index (χ0v) is 28.5. The van der Waals surface area contributed by atoms with Crippen molar-refractivity contribution in [3.63, 3.8) is 0 Å².